The van der Waals surface area contributed by atoms with Crippen LogP contribution in [-0.2, 0) is 4.79 Å². The zero-order valence-corrected chi connectivity index (χ0v) is 12.3. The lowest BCUT2D eigenvalue weighted by Crippen LogP contribution is -2.39. The third kappa shape index (κ3) is 3.61. The highest BCUT2D eigenvalue weighted by atomic mass is 35.5. The molecule has 4 heteroatoms. The lowest BCUT2D eigenvalue weighted by molar-refractivity contribution is -0.133. The number of nitrogens with zero attached hydrogens (tertiary/aromatic N) is 1. The minimum Gasteiger partial charge on any atom is -0.342 e. The fourth-order valence-electron chi connectivity index (χ4n) is 3.35. The van der Waals surface area contributed by atoms with Crippen LogP contribution in [-0.4, -0.2) is 30.4 Å². The molecule has 0 radical (unpaired) electrons. The molecule has 0 spiro atoms. The first-order chi connectivity index (χ1) is 8.15. The number of hydrogen-bond donors (Lipinski definition) is 1. The van der Waals surface area contributed by atoms with E-state index in [9.17, 15) is 4.79 Å². The maximum absolute atomic E-state index is 12.3. The van der Waals surface area contributed by atoms with E-state index in [4.69, 9.17) is 5.73 Å². The first-order valence-corrected chi connectivity index (χ1v) is 7.13. The summed E-state index contributed by atoms with van der Waals surface area (Å²) in [6, 6.07) is 0. The van der Waals surface area contributed by atoms with E-state index >= 15 is 0 Å². The van der Waals surface area contributed by atoms with E-state index in [1.54, 1.807) is 0 Å². The van der Waals surface area contributed by atoms with Gasteiger partial charge in [-0.05, 0) is 37.1 Å². The molecule has 1 aliphatic heterocycles. The predicted molar refractivity (Wildman–Crippen MR) is 76.8 cm³/mol. The Hall–Kier alpha value is -0.280. The molecule has 1 unspecified atom stereocenters. The Morgan fingerprint density at radius 2 is 2.00 bits per heavy atom. The zero-order valence-electron chi connectivity index (χ0n) is 11.5. The van der Waals surface area contributed by atoms with Gasteiger partial charge < -0.3 is 10.6 Å². The number of halogens is 1. The fourth-order valence-corrected chi connectivity index (χ4v) is 3.35. The van der Waals surface area contributed by atoms with Crippen molar-refractivity contribution in [2.75, 3.05) is 19.6 Å². The number of nitrogens with two attached hydrogens (primary N) is 1. The van der Waals surface area contributed by atoms with Gasteiger partial charge in [0.25, 0.3) is 0 Å². The molecule has 1 saturated carbocycles. The van der Waals surface area contributed by atoms with Crippen molar-refractivity contribution in [2.24, 2.45) is 17.1 Å². The molecular weight excluding hydrogens is 248 g/mol. The second kappa shape index (κ2) is 6.76. The molecule has 0 aromatic carbocycles. The second-order valence-corrected chi connectivity index (χ2v) is 6.18. The molecule has 0 aromatic rings. The second-order valence-electron chi connectivity index (χ2n) is 6.18. The lowest BCUT2D eigenvalue weighted by Gasteiger charge is -2.36. The van der Waals surface area contributed by atoms with Crippen LogP contribution in [0.25, 0.3) is 0 Å². The highest BCUT2D eigenvalue weighted by Crippen LogP contribution is 2.39. The molecule has 2 aliphatic rings. The Labute approximate surface area is 117 Å². The molecule has 1 amide bonds. The van der Waals surface area contributed by atoms with Gasteiger partial charge in [-0.25, -0.2) is 0 Å². The molecule has 18 heavy (non-hydrogen) atoms. The third-order valence-corrected chi connectivity index (χ3v) is 4.65. The number of carbonyl (C=O) groups is 1. The van der Waals surface area contributed by atoms with Crippen molar-refractivity contribution in [3.63, 3.8) is 0 Å². The molecule has 3 nitrogen and oxygen atoms in total. The van der Waals surface area contributed by atoms with Crippen molar-refractivity contribution >= 4 is 18.3 Å². The van der Waals surface area contributed by atoms with E-state index in [0.29, 0.717) is 24.8 Å². The van der Waals surface area contributed by atoms with E-state index in [1.165, 1.54) is 25.7 Å². The Kier molecular flexibility index (Phi) is 5.93. The Bertz CT molecular complexity index is 277. The quantitative estimate of drug-likeness (QED) is 0.860. The van der Waals surface area contributed by atoms with Gasteiger partial charge >= 0.3 is 0 Å². The van der Waals surface area contributed by atoms with Crippen molar-refractivity contribution in [1.82, 2.24) is 4.90 Å². The first kappa shape index (κ1) is 15.8. The van der Waals surface area contributed by atoms with Crippen molar-refractivity contribution in [2.45, 2.75) is 51.9 Å². The van der Waals surface area contributed by atoms with E-state index in [0.717, 1.165) is 25.9 Å². The van der Waals surface area contributed by atoms with Crippen molar-refractivity contribution in [3.05, 3.63) is 0 Å². The average molecular weight is 275 g/mol. The highest BCUT2D eigenvalue weighted by molar-refractivity contribution is 5.85. The number of likely N-dealkylation sites (tertiary alicyclic amines) is 1. The van der Waals surface area contributed by atoms with Gasteiger partial charge in [-0.2, -0.15) is 0 Å². The van der Waals surface area contributed by atoms with Crippen LogP contribution in [0.4, 0.5) is 0 Å². The molecule has 0 bridgehead atoms. The number of amides is 1. The van der Waals surface area contributed by atoms with Crippen molar-refractivity contribution < 1.29 is 4.79 Å². The summed E-state index contributed by atoms with van der Waals surface area (Å²) in [5.74, 6) is 1.03. The van der Waals surface area contributed by atoms with E-state index in [1.807, 2.05) is 0 Å². The standard InChI is InChI=1S/C14H26N2O.ClH/c1-12-5-8-16(10-12)13(17)9-14(11-15)6-3-2-4-7-14;/h12H,2-11,15H2,1H3;1H. The maximum Gasteiger partial charge on any atom is 0.223 e. The van der Waals surface area contributed by atoms with Crippen molar-refractivity contribution in [1.29, 1.82) is 0 Å². The molecule has 2 fully saturated rings. The van der Waals surface area contributed by atoms with Crippen LogP contribution in [0.2, 0.25) is 0 Å². The number of rotatable bonds is 3. The summed E-state index contributed by atoms with van der Waals surface area (Å²) >= 11 is 0. The SMILES string of the molecule is CC1CCN(C(=O)CC2(CN)CCCCC2)C1.Cl. The minimum absolute atomic E-state index is 0. The molecule has 1 aliphatic carbocycles. The minimum atomic E-state index is 0. The van der Waals surface area contributed by atoms with Crippen LogP contribution < -0.4 is 5.73 Å². The van der Waals surface area contributed by atoms with Crippen molar-refractivity contribution in [3.8, 4) is 0 Å². The number of hydrogen-bond acceptors (Lipinski definition) is 2. The molecule has 2 N–H and O–H groups in total. The maximum atomic E-state index is 12.3. The third-order valence-electron chi connectivity index (χ3n) is 4.65. The fraction of sp³-hybridized carbons (Fsp3) is 0.929. The molecule has 0 aromatic heterocycles. The monoisotopic (exact) mass is 274 g/mol. The van der Waals surface area contributed by atoms with E-state index in [2.05, 4.69) is 11.8 Å². The topological polar surface area (TPSA) is 46.3 Å². The predicted octanol–water partition coefficient (Wildman–Crippen LogP) is 2.58. The van der Waals surface area contributed by atoms with Gasteiger partial charge in [-0.1, -0.05) is 26.2 Å². The first-order valence-electron chi connectivity index (χ1n) is 7.13. The Morgan fingerprint density at radius 3 is 2.50 bits per heavy atom. The van der Waals surface area contributed by atoms with Crippen LogP contribution in [0.3, 0.4) is 0 Å². The number of carbonyl (C=O) groups excluding carboxylic acids is 1. The molecule has 1 atom stereocenters. The smallest absolute Gasteiger partial charge is 0.223 e. The van der Waals surface area contributed by atoms with Gasteiger partial charge in [-0.15, -0.1) is 12.4 Å². The van der Waals surface area contributed by atoms with Gasteiger partial charge in [0.2, 0.25) is 5.91 Å². The molecular formula is C14H27ClN2O. The Morgan fingerprint density at radius 1 is 1.33 bits per heavy atom. The summed E-state index contributed by atoms with van der Waals surface area (Å²) in [5.41, 5.74) is 6.07. The Balaban J connectivity index is 0.00000162. The normalized spacial score (nSPS) is 26.8. The van der Waals surface area contributed by atoms with E-state index < -0.39 is 0 Å². The van der Waals surface area contributed by atoms with Crippen LogP contribution in [0.15, 0.2) is 0 Å². The summed E-state index contributed by atoms with van der Waals surface area (Å²) in [5, 5.41) is 0. The van der Waals surface area contributed by atoms with Crippen LogP contribution in [0.5, 0.6) is 0 Å². The van der Waals surface area contributed by atoms with Gasteiger partial charge in [0.05, 0.1) is 0 Å². The van der Waals surface area contributed by atoms with Crippen LogP contribution in [0.1, 0.15) is 51.9 Å². The van der Waals surface area contributed by atoms with Gasteiger partial charge in [0.15, 0.2) is 0 Å². The summed E-state index contributed by atoms with van der Waals surface area (Å²) in [4.78, 5) is 14.3. The van der Waals surface area contributed by atoms with Gasteiger partial charge in [-0.3, -0.25) is 4.79 Å². The average Bonchev–Trinajstić information content (AvgIpc) is 2.77. The molecule has 106 valence electrons. The molecule has 1 heterocycles. The van der Waals surface area contributed by atoms with Crippen LogP contribution >= 0.6 is 12.4 Å². The molecule has 1 saturated heterocycles. The van der Waals surface area contributed by atoms with Gasteiger partial charge in [0, 0.05) is 19.5 Å². The van der Waals surface area contributed by atoms with Gasteiger partial charge in [0.1, 0.15) is 0 Å². The largest absolute Gasteiger partial charge is 0.342 e. The highest BCUT2D eigenvalue weighted by Gasteiger charge is 2.35. The summed E-state index contributed by atoms with van der Waals surface area (Å²) < 4.78 is 0. The summed E-state index contributed by atoms with van der Waals surface area (Å²) in [6.45, 7) is 4.83. The lowest BCUT2D eigenvalue weighted by atomic mass is 9.71. The molecule has 2 rings (SSSR count). The summed E-state index contributed by atoms with van der Waals surface area (Å²) in [7, 11) is 0. The van der Waals surface area contributed by atoms with E-state index in [-0.39, 0.29) is 17.8 Å². The van der Waals surface area contributed by atoms with Crippen LogP contribution in [0, 0.1) is 11.3 Å². The summed E-state index contributed by atoms with van der Waals surface area (Å²) in [6.07, 6.45) is 7.98. The zero-order chi connectivity index (χ0) is 12.3.